The maximum Gasteiger partial charge on any atom is 0.0855 e. The van der Waals surface area contributed by atoms with Crippen LogP contribution < -0.4 is 5.32 Å². The maximum absolute atomic E-state index is 7.75. The highest BCUT2D eigenvalue weighted by Crippen LogP contribution is 2.19. The molecule has 1 fully saturated rings. The van der Waals surface area contributed by atoms with Crippen molar-refractivity contribution in [2.24, 2.45) is 0 Å². The molecule has 0 radical (unpaired) electrons. The van der Waals surface area contributed by atoms with Crippen molar-refractivity contribution in [3.05, 3.63) is 0 Å². The zero-order chi connectivity index (χ0) is 13.1. The van der Waals surface area contributed by atoms with E-state index in [4.69, 9.17) is 5.26 Å². The van der Waals surface area contributed by atoms with Crippen molar-refractivity contribution in [2.75, 3.05) is 6.61 Å². The Morgan fingerprint density at radius 1 is 1.06 bits per heavy atom. The van der Waals surface area contributed by atoms with E-state index in [1.165, 1.54) is 38.5 Å². The van der Waals surface area contributed by atoms with Gasteiger partial charge < -0.3 is 5.32 Å². The second-order valence-corrected chi connectivity index (χ2v) is 4.78. The van der Waals surface area contributed by atoms with Gasteiger partial charge in [-0.1, -0.05) is 26.2 Å². The summed E-state index contributed by atoms with van der Waals surface area (Å²) in [4.78, 5) is 4.56. The minimum Gasteiger partial charge on any atom is -0.311 e. The summed E-state index contributed by atoms with van der Waals surface area (Å²) >= 11 is 0. The van der Waals surface area contributed by atoms with Crippen LogP contribution in [0, 0.1) is 0 Å². The van der Waals surface area contributed by atoms with E-state index in [9.17, 15) is 0 Å². The highest BCUT2D eigenvalue weighted by molar-refractivity contribution is 4.82. The van der Waals surface area contributed by atoms with E-state index in [0.29, 0.717) is 6.61 Å². The Bertz CT molecular complexity index is 193. The van der Waals surface area contributed by atoms with Crippen LogP contribution in [-0.4, -0.2) is 23.9 Å². The van der Waals surface area contributed by atoms with Gasteiger partial charge in [-0.05, 0) is 47.2 Å². The Kier molecular flexibility index (Phi) is 9.37. The van der Waals surface area contributed by atoms with Crippen molar-refractivity contribution >= 4 is 0 Å². The zero-order valence-electron chi connectivity index (χ0n) is 11.1. The molecule has 0 aromatic carbocycles. The van der Waals surface area contributed by atoms with Gasteiger partial charge in [-0.2, -0.15) is 0 Å². The van der Waals surface area contributed by atoms with Gasteiger partial charge in [0.2, 0.25) is 0 Å². The smallest absolute Gasteiger partial charge is 0.0855 e. The Hall–Kier alpha value is -0.240. The topological polar surface area (TPSA) is 69.2 Å². The number of nitrogens with one attached hydrogen (secondary N) is 1. The van der Waals surface area contributed by atoms with Crippen LogP contribution in [0.25, 0.3) is 0 Å². The first-order chi connectivity index (χ1) is 8.86. The SMILES string of the molecule is CCC1CCC(CCCCCCOOOOO)N1. The van der Waals surface area contributed by atoms with Crippen LogP contribution in [-0.2, 0) is 20.0 Å². The lowest BCUT2D eigenvalue weighted by molar-refractivity contribution is -0.702. The van der Waals surface area contributed by atoms with Crippen molar-refractivity contribution in [2.45, 2.75) is 70.4 Å². The Morgan fingerprint density at radius 2 is 1.83 bits per heavy atom. The minimum atomic E-state index is 0.433. The fourth-order valence-electron chi connectivity index (χ4n) is 2.42. The predicted molar refractivity (Wildman–Crippen MR) is 65.2 cm³/mol. The van der Waals surface area contributed by atoms with E-state index in [1.54, 1.807) is 0 Å². The van der Waals surface area contributed by atoms with Gasteiger partial charge in [0.1, 0.15) is 0 Å². The molecule has 2 atom stereocenters. The van der Waals surface area contributed by atoms with Crippen molar-refractivity contribution in [1.29, 1.82) is 0 Å². The van der Waals surface area contributed by atoms with Crippen molar-refractivity contribution < 1.29 is 25.3 Å². The molecule has 1 aliphatic rings. The summed E-state index contributed by atoms with van der Waals surface area (Å²) < 4.78 is 0. The largest absolute Gasteiger partial charge is 0.311 e. The van der Waals surface area contributed by atoms with Gasteiger partial charge in [0.05, 0.1) is 6.61 Å². The molecule has 6 nitrogen and oxygen atoms in total. The maximum atomic E-state index is 7.75. The van der Waals surface area contributed by atoms with E-state index < -0.39 is 0 Å². The molecular formula is C12H25NO5. The molecule has 0 amide bonds. The molecule has 0 saturated carbocycles. The average Bonchev–Trinajstić information content (AvgIpc) is 2.85. The molecule has 0 bridgehead atoms. The van der Waals surface area contributed by atoms with Crippen LogP contribution in [0.3, 0.4) is 0 Å². The van der Waals surface area contributed by atoms with Gasteiger partial charge in [0, 0.05) is 12.1 Å². The van der Waals surface area contributed by atoms with Crippen LogP contribution in [0.5, 0.6) is 0 Å². The normalized spacial score (nSPS) is 23.7. The lowest BCUT2D eigenvalue weighted by atomic mass is 10.1. The Labute approximate surface area is 108 Å². The highest BCUT2D eigenvalue weighted by Gasteiger charge is 2.21. The molecule has 2 unspecified atom stereocenters. The van der Waals surface area contributed by atoms with Crippen LogP contribution in [0.2, 0.25) is 0 Å². The Balaban J connectivity index is 1.79. The standard InChI is InChI=1S/C12H25NO5/c1-2-11-8-9-12(13-11)7-5-3-4-6-10-15-17-18-16-14/h11-14H,2-10H2,1H3. The first kappa shape index (κ1) is 15.8. The summed E-state index contributed by atoms with van der Waals surface area (Å²) in [6, 6.07) is 1.47. The van der Waals surface area contributed by atoms with E-state index in [2.05, 4.69) is 32.2 Å². The second kappa shape index (κ2) is 10.7. The molecule has 0 spiro atoms. The van der Waals surface area contributed by atoms with E-state index in [1.807, 2.05) is 0 Å². The summed E-state index contributed by atoms with van der Waals surface area (Å²) in [6.45, 7) is 2.68. The van der Waals surface area contributed by atoms with Gasteiger partial charge in [0.15, 0.2) is 0 Å². The van der Waals surface area contributed by atoms with Gasteiger partial charge in [-0.3, -0.25) is 0 Å². The number of rotatable bonds is 11. The number of hydrogen-bond acceptors (Lipinski definition) is 6. The quantitative estimate of drug-likeness (QED) is 0.339. The summed E-state index contributed by atoms with van der Waals surface area (Å²) in [6.07, 6.45) is 9.65. The molecule has 0 aromatic rings. The molecule has 0 aliphatic carbocycles. The molecule has 1 rings (SSSR count). The summed E-state index contributed by atoms with van der Waals surface area (Å²) in [7, 11) is 0. The van der Waals surface area contributed by atoms with Gasteiger partial charge in [-0.15, -0.1) is 0 Å². The van der Waals surface area contributed by atoms with Crippen LogP contribution in [0.1, 0.15) is 58.3 Å². The monoisotopic (exact) mass is 263 g/mol. The van der Waals surface area contributed by atoms with E-state index in [0.717, 1.165) is 24.9 Å². The van der Waals surface area contributed by atoms with Crippen molar-refractivity contribution in [3.63, 3.8) is 0 Å². The first-order valence-corrected chi connectivity index (χ1v) is 6.89. The summed E-state index contributed by atoms with van der Waals surface area (Å²) in [5, 5.41) is 22.3. The van der Waals surface area contributed by atoms with Crippen LogP contribution >= 0.6 is 0 Å². The third-order valence-corrected chi connectivity index (χ3v) is 3.46. The first-order valence-electron chi connectivity index (χ1n) is 6.89. The predicted octanol–water partition coefficient (Wildman–Crippen LogP) is 2.75. The summed E-state index contributed by atoms with van der Waals surface area (Å²) in [5.41, 5.74) is 0. The molecule has 0 aromatic heterocycles. The third-order valence-electron chi connectivity index (χ3n) is 3.46. The molecule has 1 saturated heterocycles. The van der Waals surface area contributed by atoms with E-state index >= 15 is 0 Å². The minimum absolute atomic E-state index is 0.433. The second-order valence-electron chi connectivity index (χ2n) is 4.78. The molecule has 2 N–H and O–H groups in total. The molecule has 6 heteroatoms. The molecule has 108 valence electrons. The van der Waals surface area contributed by atoms with Gasteiger partial charge in [0.25, 0.3) is 0 Å². The van der Waals surface area contributed by atoms with Gasteiger partial charge >= 0.3 is 0 Å². The van der Waals surface area contributed by atoms with Crippen LogP contribution in [0.15, 0.2) is 0 Å². The van der Waals surface area contributed by atoms with Crippen molar-refractivity contribution in [1.82, 2.24) is 5.32 Å². The van der Waals surface area contributed by atoms with Gasteiger partial charge in [-0.25, -0.2) is 10.1 Å². The summed E-state index contributed by atoms with van der Waals surface area (Å²) in [5.74, 6) is 0. The van der Waals surface area contributed by atoms with Crippen molar-refractivity contribution in [3.8, 4) is 0 Å². The highest BCUT2D eigenvalue weighted by atomic mass is 17.8. The fourth-order valence-corrected chi connectivity index (χ4v) is 2.42. The Morgan fingerprint density at radius 3 is 2.56 bits per heavy atom. The lowest BCUT2D eigenvalue weighted by Gasteiger charge is -2.12. The average molecular weight is 263 g/mol. The molecule has 1 heterocycles. The molecule has 1 aliphatic heterocycles. The molecular weight excluding hydrogens is 238 g/mol. The zero-order valence-corrected chi connectivity index (χ0v) is 11.1. The lowest BCUT2D eigenvalue weighted by Crippen LogP contribution is -2.28. The van der Waals surface area contributed by atoms with E-state index in [-0.39, 0.29) is 0 Å². The fraction of sp³-hybridized carbons (Fsp3) is 1.00. The molecule has 18 heavy (non-hydrogen) atoms. The van der Waals surface area contributed by atoms with Crippen LogP contribution in [0.4, 0.5) is 0 Å². The number of unbranched alkanes of at least 4 members (excludes halogenated alkanes) is 3. The number of hydrogen-bond donors (Lipinski definition) is 2. The third kappa shape index (κ3) is 7.25.